The van der Waals surface area contributed by atoms with Gasteiger partial charge in [0, 0.05) is 19.8 Å². The van der Waals surface area contributed by atoms with Crippen molar-refractivity contribution >= 4 is 11.8 Å². The zero-order chi connectivity index (χ0) is 14.5. The molecule has 0 aromatic rings. The number of hydrogen-bond donors (Lipinski definition) is 1. The summed E-state index contributed by atoms with van der Waals surface area (Å²) in [6.45, 7) is 6.07. The van der Waals surface area contributed by atoms with Crippen molar-refractivity contribution in [1.29, 1.82) is 0 Å². The van der Waals surface area contributed by atoms with E-state index in [1.54, 1.807) is 4.90 Å². The highest BCUT2D eigenvalue weighted by atomic mass is 16.5. The second kappa shape index (κ2) is 7.07. The lowest BCUT2D eigenvalue weighted by molar-refractivity contribution is -0.150. The van der Waals surface area contributed by atoms with Crippen molar-refractivity contribution in [3.63, 3.8) is 0 Å². The standard InChI is InChI=1S/C15H26N2O3/c1-3-9-20-10-5-8-17-12(4-2)14(18)16-13(15(17)19)11-6-7-11/h11-13H,3-10H2,1-2H3,(H,16,18). The molecule has 1 saturated heterocycles. The number of carbonyl (C=O) groups is 2. The molecule has 2 amide bonds. The Bertz CT molecular complexity index is 355. The Labute approximate surface area is 121 Å². The molecule has 0 spiro atoms. The highest BCUT2D eigenvalue weighted by Crippen LogP contribution is 2.35. The predicted octanol–water partition coefficient (Wildman–Crippen LogP) is 1.32. The number of hydrogen-bond acceptors (Lipinski definition) is 3. The van der Waals surface area contributed by atoms with Gasteiger partial charge in [0.2, 0.25) is 11.8 Å². The van der Waals surface area contributed by atoms with Crippen molar-refractivity contribution in [2.45, 2.75) is 58.0 Å². The highest BCUT2D eigenvalue weighted by molar-refractivity contribution is 5.97. The maximum atomic E-state index is 12.5. The molecule has 0 radical (unpaired) electrons. The van der Waals surface area contributed by atoms with Crippen LogP contribution in [0.2, 0.25) is 0 Å². The van der Waals surface area contributed by atoms with Crippen LogP contribution in [0.5, 0.6) is 0 Å². The average molecular weight is 282 g/mol. The van der Waals surface area contributed by atoms with Crippen LogP contribution in [0.4, 0.5) is 0 Å². The maximum absolute atomic E-state index is 12.5. The molecule has 1 heterocycles. The Morgan fingerprint density at radius 1 is 1.25 bits per heavy atom. The molecular weight excluding hydrogens is 256 g/mol. The summed E-state index contributed by atoms with van der Waals surface area (Å²) >= 11 is 0. The van der Waals surface area contributed by atoms with E-state index < -0.39 is 0 Å². The maximum Gasteiger partial charge on any atom is 0.246 e. The molecule has 1 aliphatic carbocycles. The quantitative estimate of drug-likeness (QED) is 0.683. The van der Waals surface area contributed by atoms with Crippen LogP contribution in [0.3, 0.4) is 0 Å². The summed E-state index contributed by atoms with van der Waals surface area (Å²) in [6.07, 6.45) is 4.59. The van der Waals surface area contributed by atoms with Crippen LogP contribution >= 0.6 is 0 Å². The molecule has 20 heavy (non-hydrogen) atoms. The zero-order valence-corrected chi connectivity index (χ0v) is 12.6. The fourth-order valence-corrected chi connectivity index (χ4v) is 2.79. The minimum Gasteiger partial charge on any atom is -0.381 e. The van der Waals surface area contributed by atoms with Gasteiger partial charge in [0.1, 0.15) is 12.1 Å². The van der Waals surface area contributed by atoms with Gasteiger partial charge < -0.3 is 15.0 Å². The van der Waals surface area contributed by atoms with E-state index in [1.807, 2.05) is 6.92 Å². The van der Waals surface area contributed by atoms with Crippen LogP contribution in [0.1, 0.15) is 46.0 Å². The fraction of sp³-hybridized carbons (Fsp3) is 0.867. The normalized spacial score (nSPS) is 26.8. The van der Waals surface area contributed by atoms with Crippen LogP contribution in [-0.2, 0) is 14.3 Å². The van der Waals surface area contributed by atoms with E-state index in [0.29, 0.717) is 25.5 Å². The van der Waals surface area contributed by atoms with E-state index in [0.717, 1.165) is 32.3 Å². The van der Waals surface area contributed by atoms with Crippen molar-refractivity contribution in [1.82, 2.24) is 10.2 Å². The second-order valence-electron chi connectivity index (χ2n) is 5.75. The Morgan fingerprint density at radius 3 is 2.60 bits per heavy atom. The van der Waals surface area contributed by atoms with Gasteiger partial charge in [0.25, 0.3) is 0 Å². The summed E-state index contributed by atoms with van der Waals surface area (Å²) in [7, 11) is 0. The molecule has 1 aliphatic heterocycles. The number of rotatable bonds is 8. The highest BCUT2D eigenvalue weighted by Gasteiger charge is 2.45. The van der Waals surface area contributed by atoms with E-state index in [2.05, 4.69) is 12.2 Å². The van der Waals surface area contributed by atoms with Crippen LogP contribution in [0.15, 0.2) is 0 Å². The first-order valence-corrected chi connectivity index (χ1v) is 7.87. The third-order valence-corrected chi connectivity index (χ3v) is 4.04. The van der Waals surface area contributed by atoms with Gasteiger partial charge >= 0.3 is 0 Å². The lowest BCUT2D eigenvalue weighted by Gasteiger charge is -2.38. The Morgan fingerprint density at radius 2 is 2.00 bits per heavy atom. The van der Waals surface area contributed by atoms with Crippen molar-refractivity contribution in [2.24, 2.45) is 5.92 Å². The molecule has 0 aromatic heterocycles. The molecule has 0 bridgehead atoms. The SMILES string of the molecule is CCCOCCCN1C(=O)C(C2CC2)NC(=O)C1CC. The van der Waals surface area contributed by atoms with Gasteiger partial charge in [-0.3, -0.25) is 9.59 Å². The van der Waals surface area contributed by atoms with Crippen molar-refractivity contribution in [3.8, 4) is 0 Å². The summed E-state index contributed by atoms with van der Waals surface area (Å²) in [5.74, 6) is 0.482. The van der Waals surface area contributed by atoms with Gasteiger partial charge in [-0.25, -0.2) is 0 Å². The van der Waals surface area contributed by atoms with E-state index in [9.17, 15) is 9.59 Å². The third kappa shape index (κ3) is 3.51. The van der Waals surface area contributed by atoms with E-state index in [-0.39, 0.29) is 23.9 Å². The third-order valence-electron chi connectivity index (χ3n) is 4.04. The van der Waals surface area contributed by atoms with Gasteiger partial charge in [-0.2, -0.15) is 0 Å². The Kier molecular flexibility index (Phi) is 5.40. The van der Waals surface area contributed by atoms with Gasteiger partial charge in [-0.05, 0) is 38.0 Å². The number of ether oxygens (including phenoxy) is 1. The monoisotopic (exact) mass is 282 g/mol. The molecule has 2 fully saturated rings. The first-order valence-electron chi connectivity index (χ1n) is 7.87. The second-order valence-corrected chi connectivity index (χ2v) is 5.75. The number of amides is 2. The molecule has 2 rings (SSSR count). The van der Waals surface area contributed by atoms with Crippen LogP contribution < -0.4 is 5.32 Å². The number of carbonyl (C=O) groups excluding carboxylic acids is 2. The fourth-order valence-electron chi connectivity index (χ4n) is 2.79. The number of nitrogens with zero attached hydrogens (tertiary/aromatic N) is 1. The molecule has 0 aromatic carbocycles. The zero-order valence-electron chi connectivity index (χ0n) is 12.6. The molecule has 1 saturated carbocycles. The molecular formula is C15H26N2O3. The van der Waals surface area contributed by atoms with E-state index >= 15 is 0 Å². The van der Waals surface area contributed by atoms with Gasteiger partial charge in [-0.15, -0.1) is 0 Å². The summed E-state index contributed by atoms with van der Waals surface area (Å²) < 4.78 is 5.45. The molecule has 1 N–H and O–H groups in total. The molecule has 2 atom stereocenters. The minimum absolute atomic E-state index is 0.0125. The summed E-state index contributed by atoms with van der Waals surface area (Å²) in [5.41, 5.74) is 0. The van der Waals surface area contributed by atoms with Gasteiger partial charge in [0.15, 0.2) is 0 Å². The Balaban J connectivity index is 1.90. The van der Waals surface area contributed by atoms with Crippen LogP contribution in [0.25, 0.3) is 0 Å². The van der Waals surface area contributed by atoms with Crippen molar-refractivity contribution in [2.75, 3.05) is 19.8 Å². The smallest absolute Gasteiger partial charge is 0.246 e. The average Bonchev–Trinajstić information content (AvgIpc) is 3.26. The minimum atomic E-state index is -0.302. The predicted molar refractivity (Wildman–Crippen MR) is 76.2 cm³/mol. The summed E-state index contributed by atoms with van der Waals surface area (Å²) in [4.78, 5) is 26.4. The first kappa shape index (κ1) is 15.3. The summed E-state index contributed by atoms with van der Waals surface area (Å²) in [6, 6.07) is -0.578. The van der Waals surface area contributed by atoms with Gasteiger partial charge in [-0.1, -0.05) is 13.8 Å². The van der Waals surface area contributed by atoms with Crippen molar-refractivity contribution < 1.29 is 14.3 Å². The largest absolute Gasteiger partial charge is 0.381 e. The molecule has 5 nitrogen and oxygen atoms in total. The number of piperazine rings is 1. The van der Waals surface area contributed by atoms with Gasteiger partial charge in [0.05, 0.1) is 0 Å². The van der Waals surface area contributed by atoms with E-state index in [1.165, 1.54) is 0 Å². The lowest BCUT2D eigenvalue weighted by Crippen LogP contribution is -2.64. The molecule has 5 heteroatoms. The van der Waals surface area contributed by atoms with Crippen LogP contribution in [0, 0.1) is 5.92 Å². The Hall–Kier alpha value is -1.10. The first-order chi connectivity index (χ1) is 9.69. The topological polar surface area (TPSA) is 58.6 Å². The molecule has 2 aliphatic rings. The van der Waals surface area contributed by atoms with Crippen molar-refractivity contribution in [3.05, 3.63) is 0 Å². The molecule has 2 unspecified atom stereocenters. The number of nitrogens with one attached hydrogen (secondary N) is 1. The molecule has 114 valence electrons. The van der Waals surface area contributed by atoms with E-state index in [4.69, 9.17) is 4.74 Å². The lowest BCUT2D eigenvalue weighted by atomic mass is 10.0. The van der Waals surface area contributed by atoms with Crippen LogP contribution in [-0.4, -0.2) is 48.6 Å². The summed E-state index contributed by atoms with van der Waals surface area (Å²) in [5, 5.41) is 2.91.